The van der Waals surface area contributed by atoms with E-state index < -0.39 is 10.8 Å². The van der Waals surface area contributed by atoms with Gasteiger partial charge >= 0.3 is 5.97 Å². The lowest BCUT2D eigenvalue weighted by atomic mass is 9.42. The van der Waals surface area contributed by atoms with E-state index in [4.69, 9.17) is 32.7 Å². The number of carbonyl (C=O) groups excluding carboxylic acids is 2. The van der Waals surface area contributed by atoms with Gasteiger partial charge in [-0.25, -0.2) is 0 Å². The standard InChI is InChI=1S/C32H29Cl2NO4/c1-19(21-8-5-7-11-27(21)38-2)29(36)35-17-28-31(25-13-12-20(33)16-26(25)34)15-14-24(22-9-4-6-10-23(22)31)32(28,18-35)30(37)39-3/h4-13,16,24,28H,1,14-15,17-18H2,2-3H3. The van der Waals surface area contributed by atoms with Crippen molar-refractivity contribution in [3.63, 3.8) is 0 Å². The molecule has 200 valence electrons. The number of likely N-dealkylation sites (tertiary alicyclic amines) is 1. The number of hydrogen-bond acceptors (Lipinski definition) is 4. The highest BCUT2D eigenvalue weighted by Crippen LogP contribution is 2.69. The van der Waals surface area contributed by atoms with Crippen LogP contribution in [0.2, 0.25) is 10.0 Å². The van der Waals surface area contributed by atoms with E-state index in [1.807, 2.05) is 48.5 Å². The first-order chi connectivity index (χ1) is 18.8. The minimum absolute atomic E-state index is 0.0866. The van der Waals surface area contributed by atoms with Crippen molar-refractivity contribution in [2.45, 2.75) is 24.2 Å². The van der Waals surface area contributed by atoms with Gasteiger partial charge in [-0.1, -0.05) is 78.3 Å². The number of para-hydroxylation sites is 1. The van der Waals surface area contributed by atoms with Crippen LogP contribution in [-0.4, -0.2) is 44.1 Å². The van der Waals surface area contributed by atoms with Gasteiger partial charge in [-0.05, 0) is 47.7 Å². The molecule has 5 nitrogen and oxygen atoms in total. The average Bonchev–Trinajstić information content (AvgIpc) is 3.40. The van der Waals surface area contributed by atoms with Crippen molar-refractivity contribution in [2.75, 3.05) is 27.3 Å². The first-order valence-electron chi connectivity index (χ1n) is 13.0. The zero-order chi connectivity index (χ0) is 27.5. The maximum atomic E-state index is 14.0. The maximum absolute atomic E-state index is 14.0. The van der Waals surface area contributed by atoms with Crippen LogP contribution in [0.4, 0.5) is 0 Å². The second-order valence-electron chi connectivity index (χ2n) is 10.7. The average molecular weight is 562 g/mol. The van der Waals surface area contributed by atoms with Gasteiger partial charge in [0.25, 0.3) is 5.91 Å². The Morgan fingerprint density at radius 2 is 1.74 bits per heavy atom. The predicted molar refractivity (Wildman–Crippen MR) is 152 cm³/mol. The smallest absolute Gasteiger partial charge is 0.314 e. The van der Waals surface area contributed by atoms with E-state index in [-0.39, 0.29) is 30.3 Å². The van der Waals surface area contributed by atoms with E-state index >= 15 is 0 Å². The summed E-state index contributed by atoms with van der Waals surface area (Å²) in [5.74, 6) is -0.278. The third kappa shape index (κ3) is 3.52. The molecule has 7 heteroatoms. The van der Waals surface area contributed by atoms with Gasteiger partial charge in [0.05, 0.1) is 19.6 Å². The zero-order valence-corrected chi connectivity index (χ0v) is 23.4. The molecule has 0 aromatic heterocycles. The fourth-order valence-corrected chi connectivity index (χ4v) is 8.38. The number of carbonyl (C=O) groups is 2. The lowest BCUT2D eigenvalue weighted by Crippen LogP contribution is -2.60. The molecule has 4 aliphatic rings. The third-order valence-corrected chi connectivity index (χ3v) is 9.84. The summed E-state index contributed by atoms with van der Waals surface area (Å²) in [4.78, 5) is 29.8. The summed E-state index contributed by atoms with van der Waals surface area (Å²) in [6.07, 6.45) is 1.58. The van der Waals surface area contributed by atoms with E-state index in [2.05, 4.69) is 18.7 Å². The highest BCUT2D eigenvalue weighted by atomic mass is 35.5. The molecule has 2 fully saturated rings. The fraction of sp³-hybridized carbons (Fsp3) is 0.312. The number of esters is 1. The van der Waals surface area contributed by atoms with E-state index in [9.17, 15) is 9.59 Å². The van der Waals surface area contributed by atoms with E-state index in [1.54, 1.807) is 18.1 Å². The minimum atomic E-state index is -0.930. The van der Waals surface area contributed by atoms with E-state index in [1.165, 1.54) is 7.11 Å². The summed E-state index contributed by atoms with van der Waals surface area (Å²) in [6, 6.07) is 21.2. The van der Waals surface area contributed by atoms with Crippen molar-refractivity contribution in [1.29, 1.82) is 0 Å². The van der Waals surface area contributed by atoms with Gasteiger partial charge in [0.15, 0.2) is 0 Å². The Balaban J connectivity index is 1.53. The van der Waals surface area contributed by atoms with E-state index in [0.717, 1.165) is 29.5 Å². The molecule has 39 heavy (non-hydrogen) atoms. The van der Waals surface area contributed by atoms with Crippen molar-refractivity contribution in [2.24, 2.45) is 11.3 Å². The Hall–Kier alpha value is -3.28. The Morgan fingerprint density at radius 1 is 1.00 bits per heavy atom. The molecule has 1 saturated carbocycles. The van der Waals surface area contributed by atoms with Gasteiger partial charge < -0.3 is 14.4 Å². The minimum Gasteiger partial charge on any atom is -0.496 e. The number of hydrogen-bond donors (Lipinski definition) is 0. The number of nitrogens with zero attached hydrogens (tertiary/aromatic N) is 1. The first-order valence-corrected chi connectivity index (χ1v) is 13.8. The number of benzene rings is 3. The number of methoxy groups -OCH3 is 2. The van der Waals surface area contributed by atoms with Crippen LogP contribution in [0.5, 0.6) is 5.75 Å². The molecule has 4 atom stereocenters. The molecule has 2 bridgehead atoms. The zero-order valence-electron chi connectivity index (χ0n) is 21.9. The number of halogens is 2. The molecule has 1 aliphatic heterocycles. The summed E-state index contributed by atoms with van der Waals surface area (Å²) in [5, 5.41) is 1.10. The van der Waals surface area contributed by atoms with Gasteiger partial charge in [0.1, 0.15) is 5.75 Å². The summed E-state index contributed by atoms with van der Waals surface area (Å²) in [5.41, 5.74) is 2.64. The SMILES string of the molecule is C=C(C(=O)N1CC2C3(c4ccc(Cl)cc4Cl)CCC(c4ccccc43)C2(C(=O)OC)C1)c1ccccc1OC. The van der Waals surface area contributed by atoms with Gasteiger partial charge in [0, 0.05) is 51.5 Å². The van der Waals surface area contributed by atoms with Crippen molar-refractivity contribution >= 4 is 40.7 Å². The second kappa shape index (κ2) is 9.42. The normalized spacial score (nSPS) is 26.5. The lowest BCUT2D eigenvalue weighted by Gasteiger charge is -2.59. The fourth-order valence-electron chi connectivity index (χ4n) is 7.80. The molecule has 3 aromatic rings. The van der Waals surface area contributed by atoms with Crippen molar-refractivity contribution in [3.05, 3.63) is 106 Å². The van der Waals surface area contributed by atoms with Crippen LogP contribution in [0.3, 0.4) is 0 Å². The predicted octanol–water partition coefficient (Wildman–Crippen LogP) is 6.51. The number of fused-ring (bicyclic) bond motifs is 1. The number of ether oxygens (including phenoxy) is 2. The highest BCUT2D eigenvalue weighted by molar-refractivity contribution is 6.35. The van der Waals surface area contributed by atoms with Crippen LogP contribution in [0.1, 0.15) is 41.0 Å². The third-order valence-electron chi connectivity index (χ3n) is 9.29. The maximum Gasteiger partial charge on any atom is 0.314 e. The molecule has 4 unspecified atom stereocenters. The molecule has 1 saturated heterocycles. The summed E-state index contributed by atoms with van der Waals surface area (Å²) in [7, 11) is 3.00. The van der Waals surface area contributed by atoms with Crippen molar-refractivity contribution < 1.29 is 19.1 Å². The van der Waals surface area contributed by atoms with Gasteiger partial charge in [-0.15, -0.1) is 0 Å². The molecule has 0 N–H and O–H groups in total. The van der Waals surface area contributed by atoms with Crippen LogP contribution in [-0.2, 0) is 19.7 Å². The lowest BCUT2D eigenvalue weighted by molar-refractivity contribution is -0.161. The molecule has 1 amide bonds. The molecule has 3 aliphatic carbocycles. The van der Waals surface area contributed by atoms with Crippen LogP contribution in [0.25, 0.3) is 5.57 Å². The topological polar surface area (TPSA) is 55.8 Å². The molecule has 7 rings (SSSR count). The van der Waals surface area contributed by atoms with Crippen LogP contribution in [0, 0.1) is 11.3 Å². The van der Waals surface area contributed by atoms with Crippen LogP contribution in [0.15, 0.2) is 73.3 Å². The molecule has 0 radical (unpaired) electrons. The molecular weight excluding hydrogens is 533 g/mol. The Kier molecular flexibility index (Phi) is 6.28. The Bertz CT molecular complexity index is 1520. The number of rotatable bonds is 5. The van der Waals surface area contributed by atoms with Crippen molar-refractivity contribution in [1.82, 2.24) is 4.90 Å². The summed E-state index contributed by atoms with van der Waals surface area (Å²) in [6.45, 7) is 4.76. The van der Waals surface area contributed by atoms with Gasteiger partial charge in [0.2, 0.25) is 0 Å². The summed E-state index contributed by atoms with van der Waals surface area (Å²) < 4.78 is 11.0. The molecule has 1 heterocycles. The van der Waals surface area contributed by atoms with Gasteiger partial charge in [-0.2, -0.15) is 0 Å². The Labute approximate surface area is 238 Å². The van der Waals surface area contributed by atoms with Crippen LogP contribution < -0.4 is 4.74 Å². The molecular formula is C32H29Cl2NO4. The number of amides is 1. The second-order valence-corrected chi connectivity index (χ2v) is 11.6. The molecule has 3 aromatic carbocycles. The van der Waals surface area contributed by atoms with Crippen molar-refractivity contribution in [3.8, 4) is 5.75 Å². The highest BCUT2D eigenvalue weighted by Gasteiger charge is 2.71. The van der Waals surface area contributed by atoms with Gasteiger partial charge in [-0.3, -0.25) is 9.59 Å². The first kappa shape index (κ1) is 26.0. The quantitative estimate of drug-likeness (QED) is 0.263. The monoisotopic (exact) mass is 561 g/mol. The largest absolute Gasteiger partial charge is 0.496 e. The van der Waals surface area contributed by atoms with Crippen LogP contribution >= 0.6 is 23.2 Å². The summed E-state index contributed by atoms with van der Waals surface area (Å²) >= 11 is 13.2. The Morgan fingerprint density at radius 3 is 2.49 bits per heavy atom. The molecule has 0 spiro atoms. The van der Waals surface area contributed by atoms with E-state index in [0.29, 0.717) is 33.5 Å².